The van der Waals surface area contributed by atoms with E-state index in [2.05, 4.69) is 9.97 Å². The van der Waals surface area contributed by atoms with Gasteiger partial charge in [-0.3, -0.25) is 10.7 Å². The molecule has 0 radical (unpaired) electrons. The van der Waals surface area contributed by atoms with Gasteiger partial charge in [-0.15, -0.1) is 0 Å². The highest BCUT2D eigenvalue weighted by atomic mass is 16.4. The summed E-state index contributed by atoms with van der Waals surface area (Å²) < 4.78 is 0. The maximum Gasteiger partial charge on any atom is 0.410 e. The van der Waals surface area contributed by atoms with Crippen LogP contribution in [0.1, 0.15) is 31.3 Å². The fourth-order valence-corrected chi connectivity index (χ4v) is 1.78. The summed E-state index contributed by atoms with van der Waals surface area (Å²) in [4.78, 5) is 19.4. The first-order valence-electron chi connectivity index (χ1n) is 6.50. The standard InChI is InChI=1S/C15H16N4O2/c1-9(2)14-17-11(10-6-4-3-5-7-10)8-12(18-14)13(16)19-15(20)21/h3-9H,1-2H3,(H2,16,19)(H,20,21). The molecule has 108 valence electrons. The molecule has 0 bridgehead atoms. The normalized spacial score (nSPS) is 10.4. The van der Waals surface area contributed by atoms with Crippen LogP contribution in [0.15, 0.2) is 36.4 Å². The lowest BCUT2D eigenvalue weighted by Crippen LogP contribution is -2.30. The van der Waals surface area contributed by atoms with Gasteiger partial charge in [0.2, 0.25) is 0 Å². The lowest BCUT2D eigenvalue weighted by Gasteiger charge is -2.11. The molecule has 0 fully saturated rings. The molecule has 1 amide bonds. The molecule has 3 N–H and O–H groups in total. The van der Waals surface area contributed by atoms with Crippen LogP contribution in [0, 0.1) is 5.41 Å². The van der Waals surface area contributed by atoms with Gasteiger partial charge in [0.05, 0.1) is 5.69 Å². The number of hydrogen-bond donors (Lipinski definition) is 3. The summed E-state index contributed by atoms with van der Waals surface area (Å²) in [6, 6.07) is 11.1. The van der Waals surface area contributed by atoms with Gasteiger partial charge < -0.3 is 5.11 Å². The lowest BCUT2D eigenvalue weighted by molar-refractivity contribution is 0.200. The van der Waals surface area contributed by atoms with Crippen molar-refractivity contribution in [2.75, 3.05) is 0 Å². The van der Waals surface area contributed by atoms with Crippen molar-refractivity contribution in [2.24, 2.45) is 0 Å². The molecule has 6 heteroatoms. The molecule has 2 rings (SSSR count). The summed E-state index contributed by atoms with van der Waals surface area (Å²) in [5.41, 5.74) is 1.82. The van der Waals surface area contributed by atoms with Crippen LogP contribution in [0.3, 0.4) is 0 Å². The zero-order valence-corrected chi connectivity index (χ0v) is 11.8. The molecule has 1 heterocycles. The predicted molar refractivity (Wildman–Crippen MR) is 79.5 cm³/mol. The summed E-state index contributed by atoms with van der Waals surface area (Å²) in [5.74, 6) is 0.386. The zero-order valence-electron chi connectivity index (χ0n) is 11.8. The Morgan fingerprint density at radius 2 is 1.90 bits per heavy atom. The van der Waals surface area contributed by atoms with E-state index in [1.807, 2.05) is 49.5 Å². The first kappa shape index (κ1) is 14.6. The SMILES string of the molecule is CC(C)c1nc(C(=N)NC(=O)O)cc(-c2ccccc2)n1. The van der Waals surface area contributed by atoms with Gasteiger partial charge in [0.1, 0.15) is 11.5 Å². The number of hydrogen-bond acceptors (Lipinski definition) is 4. The second-order valence-electron chi connectivity index (χ2n) is 4.82. The van der Waals surface area contributed by atoms with Gasteiger partial charge in [0.25, 0.3) is 0 Å². The van der Waals surface area contributed by atoms with Crippen LogP contribution in [0.5, 0.6) is 0 Å². The Morgan fingerprint density at radius 3 is 2.48 bits per heavy atom. The molecular weight excluding hydrogens is 268 g/mol. The van der Waals surface area contributed by atoms with E-state index in [1.54, 1.807) is 6.07 Å². The monoisotopic (exact) mass is 284 g/mol. The van der Waals surface area contributed by atoms with E-state index in [1.165, 1.54) is 0 Å². The molecule has 1 aromatic heterocycles. The molecule has 0 saturated heterocycles. The number of carbonyl (C=O) groups is 1. The molecular formula is C15H16N4O2. The molecule has 0 spiro atoms. The number of nitrogens with zero attached hydrogens (tertiary/aromatic N) is 2. The molecule has 2 aromatic rings. The largest absolute Gasteiger partial charge is 0.465 e. The summed E-state index contributed by atoms with van der Waals surface area (Å²) >= 11 is 0. The molecule has 0 saturated carbocycles. The van der Waals surface area contributed by atoms with Crippen LogP contribution in [-0.2, 0) is 0 Å². The Kier molecular flexibility index (Phi) is 4.27. The Bertz CT molecular complexity index is 669. The Morgan fingerprint density at radius 1 is 1.24 bits per heavy atom. The second-order valence-corrected chi connectivity index (χ2v) is 4.82. The van der Waals surface area contributed by atoms with Crippen LogP contribution in [0.2, 0.25) is 0 Å². The zero-order chi connectivity index (χ0) is 15.4. The summed E-state index contributed by atoms with van der Waals surface area (Å²) in [6.07, 6.45) is -1.29. The number of carboxylic acid groups (broad SMARTS) is 1. The van der Waals surface area contributed by atoms with Gasteiger partial charge in [0, 0.05) is 11.5 Å². The molecule has 0 atom stereocenters. The van der Waals surface area contributed by atoms with E-state index in [-0.39, 0.29) is 17.4 Å². The van der Waals surface area contributed by atoms with Crippen LogP contribution in [0.25, 0.3) is 11.3 Å². The van der Waals surface area contributed by atoms with Gasteiger partial charge in [0.15, 0.2) is 5.84 Å². The number of nitrogens with one attached hydrogen (secondary N) is 2. The van der Waals surface area contributed by atoms with Crippen molar-refractivity contribution in [1.29, 1.82) is 5.41 Å². The van der Waals surface area contributed by atoms with Gasteiger partial charge in [-0.1, -0.05) is 44.2 Å². The van der Waals surface area contributed by atoms with Gasteiger partial charge in [-0.2, -0.15) is 0 Å². The minimum Gasteiger partial charge on any atom is -0.465 e. The lowest BCUT2D eigenvalue weighted by atomic mass is 10.1. The highest BCUT2D eigenvalue weighted by Crippen LogP contribution is 2.20. The number of rotatable bonds is 3. The van der Waals surface area contributed by atoms with Crippen LogP contribution in [0.4, 0.5) is 4.79 Å². The number of aromatic nitrogens is 2. The van der Waals surface area contributed by atoms with Crippen molar-refractivity contribution in [2.45, 2.75) is 19.8 Å². The quantitative estimate of drug-likeness (QED) is 0.596. The maximum atomic E-state index is 10.7. The van der Waals surface area contributed by atoms with Gasteiger partial charge in [-0.05, 0) is 6.07 Å². The third-order valence-electron chi connectivity index (χ3n) is 2.82. The third-order valence-corrected chi connectivity index (χ3v) is 2.82. The Labute approximate surface area is 122 Å². The van der Waals surface area contributed by atoms with E-state index < -0.39 is 6.09 Å². The smallest absolute Gasteiger partial charge is 0.410 e. The fraction of sp³-hybridized carbons (Fsp3) is 0.200. The molecule has 6 nitrogen and oxygen atoms in total. The van der Waals surface area contributed by atoms with Crippen molar-refractivity contribution in [3.05, 3.63) is 47.9 Å². The van der Waals surface area contributed by atoms with Crippen molar-refractivity contribution >= 4 is 11.9 Å². The minimum atomic E-state index is -1.29. The van der Waals surface area contributed by atoms with E-state index in [0.717, 1.165) is 5.56 Å². The molecule has 1 aromatic carbocycles. The van der Waals surface area contributed by atoms with Gasteiger partial charge >= 0.3 is 6.09 Å². The summed E-state index contributed by atoms with van der Waals surface area (Å²) in [7, 11) is 0. The van der Waals surface area contributed by atoms with E-state index >= 15 is 0 Å². The highest BCUT2D eigenvalue weighted by Gasteiger charge is 2.13. The molecule has 0 aliphatic carbocycles. The Balaban J connectivity index is 2.49. The fourth-order valence-electron chi connectivity index (χ4n) is 1.78. The van der Waals surface area contributed by atoms with Crippen molar-refractivity contribution in [3.63, 3.8) is 0 Å². The first-order chi connectivity index (χ1) is 9.97. The van der Waals surface area contributed by atoms with Gasteiger partial charge in [-0.25, -0.2) is 14.8 Å². The van der Waals surface area contributed by atoms with E-state index in [9.17, 15) is 4.79 Å². The second kappa shape index (κ2) is 6.13. The van der Waals surface area contributed by atoms with Crippen molar-refractivity contribution < 1.29 is 9.90 Å². The van der Waals surface area contributed by atoms with Crippen LogP contribution in [-0.4, -0.2) is 27.0 Å². The molecule has 21 heavy (non-hydrogen) atoms. The molecule has 0 aliphatic heterocycles. The van der Waals surface area contributed by atoms with E-state index in [4.69, 9.17) is 10.5 Å². The Hall–Kier alpha value is -2.76. The van der Waals surface area contributed by atoms with Crippen molar-refractivity contribution in [3.8, 4) is 11.3 Å². The molecule has 0 aliphatic rings. The number of benzene rings is 1. The van der Waals surface area contributed by atoms with Crippen molar-refractivity contribution in [1.82, 2.24) is 15.3 Å². The average molecular weight is 284 g/mol. The first-order valence-corrected chi connectivity index (χ1v) is 6.50. The minimum absolute atomic E-state index is 0.0741. The number of amides is 1. The van der Waals surface area contributed by atoms with Crippen LogP contribution >= 0.6 is 0 Å². The maximum absolute atomic E-state index is 10.7. The third kappa shape index (κ3) is 3.62. The highest BCUT2D eigenvalue weighted by molar-refractivity contribution is 6.03. The predicted octanol–water partition coefficient (Wildman–Crippen LogP) is 2.86. The summed E-state index contributed by atoms with van der Waals surface area (Å²) in [6.45, 7) is 3.89. The summed E-state index contributed by atoms with van der Waals surface area (Å²) in [5, 5.41) is 18.5. The van der Waals surface area contributed by atoms with Crippen LogP contribution < -0.4 is 5.32 Å². The molecule has 0 unspecified atom stereocenters. The number of amidine groups is 1. The topological polar surface area (TPSA) is 99.0 Å². The average Bonchev–Trinajstić information content (AvgIpc) is 2.47. The van der Waals surface area contributed by atoms with E-state index in [0.29, 0.717) is 11.5 Å².